The van der Waals surface area contributed by atoms with Crippen molar-refractivity contribution < 1.29 is 9.59 Å². The fourth-order valence-electron chi connectivity index (χ4n) is 3.59. The first-order valence-electron chi connectivity index (χ1n) is 11.6. The van der Waals surface area contributed by atoms with Crippen molar-refractivity contribution in [2.75, 3.05) is 6.54 Å². The minimum absolute atomic E-state index is 0.0144. The van der Waals surface area contributed by atoms with Crippen LogP contribution in [0, 0.1) is 5.92 Å². The van der Waals surface area contributed by atoms with E-state index in [1.807, 2.05) is 31.2 Å². The Bertz CT molecular complexity index is 860. The summed E-state index contributed by atoms with van der Waals surface area (Å²) in [6.07, 6.45) is 1.58. The van der Waals surface area contributed by atoms with Gasteiger partial charge in [-0.1, -0.05) is 82.6 Å². The van der Waals surface area contributed by atoms with Crippen LogP contribution in [-0.4, -0.2) is 29.3 Å². The summed E-state index contributed by atoms with van der Waals surface area (Å²) in [6.45, 7) is 11.4. The first-order valence-corrected chi connectivity index (χ1v) is 12.0. The molecule has 0 heterocycles. The molecule has 1 atom stereocenters. The van der Waals surface area contributed by atoms with Crippen LogP contribution in [0.1, 0.15) is 70.1 Å². The van der Waals surface area contributed by atoms with Crippen LogP contribution in [0.5, 0.6) is 0 Å². The van der Waals surface area contributed by atoms with Gasteiger partial charge in [-0.05, 0) is 53.5 Å². The summed E-state index contributed by atoms with van der Waals surface area (Å²) in [7, 11) is 0. The highest BCUT2D eigenvalue weighted by Gasteiger charge is 2.28. The molecule has 0 saturated heterocycles. The molecule has 0 aromatic heterocycles. The minimum atomic E-state index is -0.500. The Kier molecular flexibility index (Phi) is 10.2. The lowest BCUT2D eigenvalue weighted by molar-refractivity contribution is -0.141. The molecular formula is C27H37ClN2O2. The molecule has 32 heavy (non-hydrogen) atoms. The van der Waals surface area contributed by atoms with Crippen LogP contribution >= 0.6 is 11.6 Å². The van der Waals surface area contributed by atoms with Gasteiger partial charge in [0.25, 0.3) is 0 Å². The van der Waals surface area contributed by atoms with Gasteiger partial charge in [0.1, 0.15) is 6.04 Å². The van der Waals surface area contributed by atoms with Gasteiger partial charge in [-0.25, -0.2) is 0 Å². The molecule has 5 heteroatoms. The van der Waals surface area contributed by atoms with E-state index in [0.29, 0.717) is 49.2 Å². The number of rotatable bonds is 11. The largest absolute Gasteiger partial charge is 0.354 e. The van der Waals surface area contributed by atoms with Gasteiger partial charge in [0.2, 0.25) is 11.8 Å². The predicted molar refractivity (Wildman–Crippen MR) is 133 cm³/mol. The molecule has 0 spiro atoms. The van der Waals surface area contributed by atoms with Gasteiger partial charge in [-0.2, -0.15) is 0 Å². The zero-order valence-electron chi connectivity index (χ0n) is 20.0. The van der Waals surface area contributed by atoms with Gasteiger partial charge in [0.05, 0.1) is 0 Å². The number of amides is 2. The summed E-state index contributed by atoms with van der Waals surface area (Å²) >= 11 is 6.03. The van der Waals surface area contributed by atoms with E-state index < -0.39 is 6.04 Å². The van der Waals surface area contributed by atoms with Gasteiger partial charge in [0, 0.05) is 24.5 Å². The summed E-state index contributed by atoms with van der Waals surface area (Å²) in [6, 6.07) is 15.4. The smallest absolute Gasteiger partial charge is 0.242 e. The number of nitrogens with zero attached hydrogens (tertiary/aromatic N) is 1. The highest BCUT2D eigenvalue weighted by Crippen LogP contribution is 2.19. The van der Waals surface area contributed by atoms with Crippen LogP contribution in [0.2, 0.25) is 5.02 Å². The topological polar surface area (TPSA) is 49.4 Å². The van der Waals surface area contributed by atoms with Crippen molar-refractivity contribution in [2.24, 2.45) is 5.92 Å². The van der Waals surface area contributed by atoms with E-state index in [-0.39, 0.29) is 11.8 Å². The molecule has 4 nitrogen and oxygen atoms in total. The van der Waals surface area contributed by atoms with Gasteiger partial charge < -0.3 is 10.2 Å². The minimum Gasteiger partial charge on any atom is -0.354 e. The van der Waals surface area contributed by atoms with E-state index in [9.17, 15) is 9.59 Å². The SMILES string of the molecule is CCC(C(=O)NCC(C)C)N(Cc1ccc(Cl)cc1)C(=O)CCc1ccc(C(C)C)cc1. The number of aryl methyl sites for hydroxylation is 1. The Labute approximate surface area is 198 Å². The molecule has 2 aromatic rings. The van der Waals surface area contributed by atoms with Crippen LogP contribution in [0.25, 0.3) is 0 Å². The van der Waals surface area contributed by atoms with E-state index in [4.69, 9.17) is 11.6 Å². The van der Waals surface area contributed by atoms with Crippen LogP contribution in [-0.2, 0) is 22.6 Å². The summed E-state index contributed by atoms with van der Waals surface area (Å²) in [4.78, 5) is 28.0. The highest BCUT2D eigenvalue weighted by molar-refractivity contribution is 6.30. The number of carbonyl (C=O) groups excluding carboxylic acids is 2. The van der Waals surface area contributed by atoms with Gasteiger partial charge in [-0.15, -0.1) is 0 Å². The van der Waals surface area contributed by atoms with Crippen LogP contribution in [0.15, 0.2) is 48.5 Å². The predicted octanol–water partition coefficient (Wildman–Crippen LogP) is 5.98. The normalized spacial score (nSPS) is 12.1. The molecule has 0 bridgehead atoms. The molecule has 0 aliphatic rings. The second-order valence-electron chi connectivity index (χ2n) is 9.11. The van der Waals surface area contributed by atoms with Crippen molar-refractivity contribution in [2.45, 2.75) is 72.4 Å². The molecular weight excluding hydrogens is 420 g/mol. The zero-order chi connectivity index (χ0) is 23.7. The molecule has 0 saturated carbocycles. The van der Waals surface area contributed by atoms with Crippen LogP contribution in [0.3, 0.4) is 0 Å². The van der Waals surface area contributed by atoms with Crippen molar-refractivity contribution in [1.82, 2.24) is 10.2 Å². The lowest BCUT2D eigenvalue weighted by atomic mass is 10.00. The molecule has 174 valence electrons. The third kappa shape index (κ3) is 7.98. The monoisotopic (exact) mass is 456 g/mol. The Morgan fingerprint density at radius 3 is 2.06 bits per heavy atom. The van der Waals surface area contributed by atoms with Crippen LogP contribution in [0.4, 0.5) is 0 Å². The maximum absolute atomic E-state index is 13.3. The molecule has 0 fully saturated rings. The maximum atomic E-state index is 13.3. The summed E-state index contributed by atoms with van der Waals surface area (Å²) < 4.78 is 0. The van der Waals surface area contributed by atoms with Crippen LogP contribution < -0.4 is 5.32 Å². The number of benzene rings is 2. The number of halogens is 1. The summed E-state index contributed by atoms with van der Waals surface area (Å²) in [5, 5.41) is 3.65. The van der Waals surface area contributed by atoms with E-state index in [1.54, 1.807) is 4.90 Å². The molecule has 1 N–H and O–H groups in total. The fraction of sp³-hybridized carbons (Fsp3) is 0.481. The summed E-state index contributed by atoms with van der Waals surface area (Å²) in [5.74, 6) is 0.727. The second-order valence-corrected chi connectivity index (χ2v) is 9.54. The molecule has 2 amide bonds. The summed E-state index contributed by atoms with van der Waals surface area (Å²) in [5.41, 5.74) is 3.38. The number of nitrogens with one attached hydrogen (secondary N) is 1. The standard InChI is InChI=1S/C27H37ClN2O2/c1-6-25(27(32)29-17-19(2)3)30(18-22-9-14-24(28)15-10-22)26(31)16-11-21-7-12-23(13-8-21)20(4)5/h7-10,12-15,19-20,25H,6,11,16-18H2,1-5H3,(H,29,32). The Hall–Kier alpha value is -2.33. The molecule has 0 radical (unpaired) electrons. The Morgan fingerprint density at radius 1 is 0.938 bits per heavy atom. The van der Waals surface area contributed by atoms with E-state index in [2.05, 4.69) is 57.3 Å². The van der Waals surface area contributed by atoms with Gasteiger partial charge in [0.15, 0.2) is 0 Å². The lowest BCUT2D eigenvalue weighted by Crippen LogP contribution is -2.49. The first-order chi connectivity index (χ1) is 15.2. The van der Waals surface area contributed by atoms with Crippen molar-refractivity contribution in [3.8, 4) is 0 Å². The molecule has 1 unspecified atom stereocenters. The number of carbonyl (C=O) groups is 2. The van der Waals surface area contributed by atoms with Gasteiger partial charge >= 0.3 is 0 Å². The Morgan fingerprint density at radius 2 is 1.53 bits per heavy atom. The number of hydrogen-bond donors (Lipinski definition) is 1. The van der Waals surface area contributed by atoms with Crippen molar-refractivity contribution >= 4 is 23.4 Å². The van der Waals surface area contributed by atoms with Crippen molar-refractivity contribution in [1.29, 1.82) is 0 Å². The number of hydrogen-bond acceptors (Lipinski definition) is 2. The zero-order valence-corrected chi connectivity index (χ0v) is 20.8. The highest BCUT2D eigenvalue weighted by atomic mass is 35.5. The first kappa shape index (κ1) is 25.9. The van der Waals surface area contributed by atoms with E-state index >= 15 is 0 Å². The molecule has 0 aliphatic carbocycles. The molecule has 2 aromatic carbocycles. The average Bonchev–Trinajstić information content (AvgIpc) is 2.77. The second kappa shape index (κ2) is 12.6. The lowest BCUT2D eigenvalue weighted by Gasteiger charge is -2.31. The fourth-order valence-corrected chi connectivity index (χ4v) is 3.72. The quantitative estimate of drug-likeness (QED) is 0.452. The maximum Gasteiger partial charge on any atom is 0.242 e. The van der Waals surface area contributed by atoms with E-state index in [1.165, 1.54) is 5.56 Å². The molecule has 2 rings (SSSR count). The van der Waals surface area contributed by atoms with E-state index in [0.717, 1.165) is 11.1 Å². The van der Waals surface area contributed by atoms with Crippen molar-refractivity contribution in [3.05, 3.63) is 70.2 Å². The third-order valence-electron chi connectivity index (χ3n) is 5.61. The van der Waals surface area contributed by atoms with Gasteiger partial charge in [-0.3, -0.25) is 9.59 Å². The molecule has 0 aliphatic heterocycles. The Balaban J connectivity index is 2.16. The average molecular weight is 457 g/mol. The van der Waals surface area contributed by atoms with Crippen molar-refractivity contribution in [3.63, 3.8) is 0 Å². The third-order valence-corrected chi connectivity index (χ3v) is 5.86.